The third-order valence-corrected chi connectivity index (χ3v) is 6.99. The van der Waals surface area contributed by atoms with Crippen LogP contribution in [0.5, 0.6) is 0 Å². The summed E-state index contributed by atoms with van der Waals surface area (Å²) < 4.78 is 0. The molecule has 0 saturated heterocycles. The molecular formula is C21H34N2O2. The third-order valence-electron chi connectivity index (χ3n) is 6.99. The van der Waals surface area contributed by atoms with Gasteiger partial charge in [-0.3, -0.25) is 0 Å². The number of aliphatic imine (C=N–C) groups is 2. The predicted molar refractivity (Wildman–Crippen MR) is 99.9 cm³/mol. The molecule has 0 aromatic carbocycles. The fourth-order valence-corrected chi connectivity index (χ4v) is 5.58. The Balaban J connectivity index is 1.92. The van der Waals surface area contributed by atoms with Crippen molar-refractivity contribution in [2.24, 2.45) is 32.7 Å². The molecule has 4 heteroatoms. The maximum absolute atomic E-state index is 10.5. The van der Waals surface area contributed by atoms with Gasteiger partial charge in [-0.15, -0.1) is 0 Å². The van der Waals surface area contributed by atoms with E-state index >= 15 is 0 Å². The Labute approximate surface area is 152 Å². The molecule has 2 fully saturated rings. The van der Waals surface area contributed by atoms with Crippen LogP contribution in [0.2, 0.25) is 0 Å². The van der Waals surface area contributed by atoms with Crippen LogP contribution in [0, 0.1) is 22.7 Å². The molecule has 0 N–H and O–H groups in total. The van der Waals surface area contributed by atoms with Gasteiger partial charge in [0, 0.05) is 0 Å². The molecule has 2 aliphatic carbocycles. The lowest BCUT2D eigenvalue weighted by atomic mass is 9.59. The predicted octanol–water partition coefficient (Wildman–Crippen LogP) is 5.22. The highest BCUT2D eigenvalue weighted by molar-refractivity contribution is 5.33. The molecule has 0 aliphatic heterocycles. The van der Waals surface area contributed by atoms with Crippen molar-refractivity contribution in [3.05, 3.63) is 0 Å². The largest absolute Gasteiger partial charge is 0.235 e. The first-order valence-electron chi connectivity index (χ1n) is 9.92. The van der Waals surface area contributed by atoms with Crippen molar-refractivity contribution < 1.29 is 9.59 Å². The topological polar surface area (TPSA) is 58.9 Å². The smallest absolute Gasteiger partial charge is 0.211 e. The Morgan fingerprint density at radius 3 is 1.28 bits per heavy atom. The molecule has 2 rings (SSSR count). The standard InChI is InChI=1S/C21H34N2O2/c1-20(2,16-5-9-18(10-6-16)22-14-24)13-21(3,4)17-7-11-19(12-8-17)23-15-25/h16-19H,5-13H2,1-4H3. The van der Waals surface area contributed by atoms with Crippen LogP contribution in [0.25, 0.3) is 0 Å². The van der Waals surface area contributed by atoms with E-state index in [9.17, 15) is 9.59 Å². The van der Waals surface area contributed by atoms with E-state index < -0.39 is 0 Å². The number of hydrogen-bond donors (Lipinski definition) is 0. The van der Waals surface area contributed by atoms with Gasteiger partial charge < -0.3 is 0 Å². The summed E-state index contributed by atoms with van der Waals surface area (Å²) in [6, 6.07) is 0.400. The lowest BCUT2D eigenvalue weighted by molar-refractivity contribution is 0.0413. The second-order valence-corrected chi connectivity index (χ2v) is 9.61. The van der Waals surface area contributed by atoms with Crippen LogP contribution in [0.4, 0.5) is 0 Å². The second kappa shape index (κ2) is 8.43. The monoisotopic (exact) mass is 346 g/mol. The zero-order valence-electron chi connectivity index (χ0n) is 16.4. The molecule has 0 atom stereocenters. The first kappa shape index (κ1) is 20.1. The minimum absolute atomic E-state index is 0.200. The average molecular weight is 347 g/mol. The summed E-state index contributed by atoms with van der Waals surface area (Å²) in [6.07, 6.45) is 13.4. The lowest BCUT2D eigenvalue weighted by Crippen LogP contribution is -2.38. The second-order valence-electron chi connectivity index (χ2n) is 9.61. The van der Waals surface area contributed by atoms with Crippen molar-refractivity contribution in [3.8, 4) is 0 Å². The van der Waals surface area contributed by atoms with E-state index in [2.05, 4.69) is 37.7 Å². The van der Waals surface area contributed by atoms with Crippen LogP contribution in [0.1, 0.15) is 85.5 Å². The number of carbonyl (C=O) groups excluding carboxylic acids is 2. The van der Waals surface area contributed by atoms with Crippen molar-refractivity contribution in [1.29, 1.82) is 0 Å². The van der Waals surface area contributed by atoms with Gasteiger partial charge in [0.1, 0.15) is 0 Å². The zero-order chi connectivity index (χ0) is 18.5. The van der Waals surface area contributed by atoms with E-state index in [0.717, 1.165) is 25.7 Å². The van der Waals surface area contributed by atoms with Gasteiger partial charge in [-0.25, -0.2) is 19.6 Å². The van der Waals surface area contributed by atoms with Gasteiger partial charge in [-0.1, -0.05) is 27.7 Å². The Hall–Kier alpha value is -1.24. The van der Waals surface area contributed by atoms with Crippen molar-refractivity contribution in [2.45, 2.75) is 97.6 Å². The van der Waals surface area contributed by atoms with Crippen LogP contribution in [0.15, 0.2) is 9.98 Å². The Morgan fingerprint density at radius 1 is 0.680 bits per heavy atom. The molecule has 0 aromatic rings. The van der Waals surface area contributed by atoms with Gasteiger partial charge in [0.15, 0.2) is 0 Å². The van der Waals surface area contributed by atoms with Crippen LogP contribution < -0.4 is 0 Å². The van der Waals surface area contributed by atoms with E-state index in [-0.39, 0.29) is 12.1 Å². The van der Waals surface area contributed by atoms with Crippen molar-refractivity contribution in [1.82, 2.24) is 0 Å². The lowest BCUT2D eigenvalue weighted by Gasteiger charge is -2.47. The minimum Gasteiger partial charge on any atom is -0.211 e. The summed E-state index contributed by atoms with van der Waals surface area (Å²) in [4.78, 5) is 28.8. The molecule has 2 saturated carbocycles. The number of rotatable bonds is 6. The molecule has 4 nitrogen and oxygen atoms in total. The molecule has 0 aromatic heterocycles. The van der Waals surface area contributed by atoms with E-state index in [1.165, 1.54) is 32.1 Å². The number of hydrogen-bond acceptors (Lipinski definition) is 4. The first-order chi connectivity index (χ1) is 11.8. The summed E-state index contributed by atoms with van der Waals surface area (Å²) in [5, 5.41) is 0. The highest BCUT2D eigenvalue weighted by Gasteiger charge is 2.41. The Morgan fingerprint density at radius 2 is 1.00 bits per heavy atom. The Bertz CT molecular complexity index is 478. The molecular weight excluding hydrogens is 312 g/mol. The van der Waals surface area contributed by atoms with Crippen molar-refractivity contribution >= 4 is 12.2 Å². The van der Waals surface area contributed by atoms with Gasteiger partial charge in [-0.05, 0) is 80.5 Å². The average Bonchev–Trinajstić information content (AvgIpc) is 2.55. The summed E-state index contributed by atoms with van der Waals surface area (Å²) in [7, 11) is 0. The molecule has 0 bridgehead atoms. The van der Waals surface area contributed by atoms with Crippen molar-refractivity contribution in [2.75, 3.05) is 0 Å². The molecule has 0 amide bonds. The fourth-order valence-electron chi connectivity index (χ4n) is 5.58. The summed E-state index contributed by atoms with van der Waals surface area (Å²) >= 11 is 0. The molecule has 0 spiro atoms. The molecule has 140 valence electrons. The van der Waals surface area contributed by atoms with Gasteiger partial charge in [0.05, 0.1) is 12.1 Å². The van der Waals surface area contributed by atoms with Crippen LogP contribution in [0.3, 0.4) is 0 Å². The van der Waals surface area contributed by atoms with Gasteiger partial charge in [-0.2, -0.15) is 0 Å². The van der Waals surface area contributed by atoms with E-state index in [0.29, 0.717) is 22.7 Å². The normalized spacial score (nSPS) is 30.9. The zero-order valence-corrected chi connectivity index (χ0v) is 16.4. The molecule has 0 radical (unpaired) electrons. The van der Waals surface area contributed by atoms with Crippen LogP contribution in [-0.4, -0.2) is 24.2 Å². The molecule has 0 heterocycles. The fraction of sp³-hybridized carbons (Fsp3) is 0.905. The number of nitrogens with zero attached hydrogens (tertiary/aromatic N) is 2. The highest BCUT2D eigenvalue weighted by Crippen LogP contribution is 2.50. The summed E-state index contributed by atoms with van der Waals surface area (Å²) in [5.74, 6) is 1.42. The van der Waals surface area contributed by atoms with Crippen molar-refractivity contribution in [3.63, 3.8) is 0 Å². The minimum atomic E-state index is 0.200. The summed E-state index contributed by atoms with van der Waals surface area (Å²) in [5.41, 5.74) is 0.605. The van der Waals surface area contributed by atoms with E-state index in [1.54, 1.807) is 12.2 Å². The van der Waals surface area contributed by atoms with E-state index in [1.807, 2.05) is 0 Å². The Kier molecular flexibility index (Phi) is 6.77. The SMILES string of the molecule is CC(C)(CC(C)(C)C1CCC(N=C=O)CC1)C1CCC(N=C=O)CC1. The number of isocyanates is 2. The van der Waals surface area contributed by atoms with E-state index in [4.69, 9.17) is 0 Å². The van der Waals surface area contributed by atoms with Gasteiger partial charge in [0.25, 0.3) is 0 Å². The molecule has 2 aliphatic rings. The maximum Gasteiger partial charge on any atom is 0.235 e. The van der Waals surface area contributed by atoms with Crippen LogP contribution in [-0.2, 0) is 9.59 Å². The van der Waals surface area contributed by atoms with Crippen LogP contribution >= 0.6 is 0 Å². The van der Waals surface area contributed by atoms with Gasteiger partial charge >= 0.3 is 0 Å². The first-order valence-corrected chi connectivity index (χ1v) is 9.92. The highest BCUT2D eigenvalue weighted by atomic mass is 16.1. The quantitative estimate of drug-likeness (QED) is 0.489. The third kappa shape index (κ3) is 5.36. The molecule has 25 heavy (non-hydrogen) atoms. The maximum atomic E-state index is 10.5. The van der Waals surface area contributed by atoms with Gasteiger partial charge in [0.2, 0.25) is 12.2 Å². The molecule has 0 unspecified atom stereocenters. The summed E-state index contributed by atoms with van der Waals surface area (Å²) in [6.45, 7) is 9.69.